The minimum absolute atomic E-state index is 0. The zero-order valence-electron chi connectivity index (χ0n) is 6.69. The van der Waals surface area contributed by atoms with E-state index in [9.17, 15) is 9.79 Å². The summed E-state index contributed by atoms with van der Waals surface area (Å²) in [7, 11) is -2.79. The quantitative estimate of drug-likeness (QED) is 0.568. The SMILES string of the molecule is Cc1ccc(OP([O-])[O-])cc1.[Ba+2]. The van der Waals surface area contributed by atoms with Crippen molar-refractivity contribution >= 4 is 57.5 Å². The van der Waals surface area contributed by atoms with Gasteiger partial charge in [-0.3, -0.25) is 0 Å². The van der Waals surface area contributed by atoms with Crippen LogP contribution in [0.5, 0.6) is 5.75 Å². The molecular formula is C7H7BaO3P. The second kappa shape index (κ2) is 6.40. The summed E-state index contributed by atoms with van der Waals surface area (Å²) in [4.78, 5) is 20.1. The van der Waals surface area contributed by atoms with E-state index in [4.69, 9.17) is 0 Å². The van der Waals surface area contributed by atoms with E-state index in [0.717, 1.165) is 5.56 Å². The summed E-state index contributed by atoms with van der Waals surface area (Å²) in [5.74, 6) is 0.353. The van der Waals surface area contributed by atoms with Gasteiger partial charge in [-0.15, -0.1) is 0 Å². The average molecular weight is 307 g/mol. The van der Waals surface area contributed by atoms with E-state index in [-0.39, 0.29) is 48.9 Å². The zero-order valence-corrected chi connectivity index (χ0v) is 12.0. The molecule has 0 amide bonds. The summed E-state index contributed by atoms with van der Waals surface area (Å²) in [6.07, 6.45) is 0. The van der Waals surface area contributed by atoms with Crippen molar-refractivity contribution in [2.45, 2.75) is 6.92 Å². The molecule has 60 valence electrons. The Morgan fingerprint density at radius 3 is 2.08 bits per heavy atom. The second-order valence-electron chi connectivity index (χ2n) is 2.13. The summed E-state index contributed by atoms with van der Waals surface area (Å²) in [5, 5.41) is 0. The van der Waals surface area contributed by atoms with E-state index in [1.165, 1.54) is 0 Å². The molecule has 0 radical (unpaired) electrons. The van der Waals surface area contributed by atoms with E-state index < -0.39 is 8.60 Å². The van der Waals surface area contributed by atoms with Crippen LogP contribution in [0.15, 0.2) is 24.3 Å². The summed E-state index contributed by atoms with van der Waals surface area (Å²) in [6, 6.07) is 6.79. The summed E-state index contributed by atoms with van der Waals surface area (Å²) < 4.78 is 4.42. The average Bonchev–Trinajstić information content (AvgIpc) is 1.93. The van der Waals surface area contributed by atoms with Gasteiger partial charge in [0, 0.05) is 0 Å². The van der Waals surface area contributed by atoms with Crippen molar-refractivity contribution < 1.29 is 14.3 Å². The maximum Gasteiger partial charge on any atom is 2.00 e. The Labute approximate surface area is 113 Å². The zero-order chi connectivity index (χ0) is 8.27. The van der Waals surface area contributed by atoms with Crippen LogP contribution in [0.2, 0.25) is 0 Å². The van der Waals surface area contributed by atoms with Gasteiger partial charge in [-0.2, -0.15) is 0 Å². The molecule has 0 unspecified atom stereocenters. The van der Waals surface area contributed by atoms with Crippen molar-refractivity contribution in [1.82, 2.24) is 0 Å². The van der Waals surface area contributed by atoms with Gasteiger partial charge in [-0.05, 0) is 19.1 Å². The first-order valence-corrected chi connectivity index (χ1v) is 4.17. The fraction of sp³-hybridized carbons (Fsp3) is 0.143. The molecule has 0 heterocycles. The Bertz CT molecular complexity index is 225. The second-order valence-corrected chi connectivity index (χ2v) is 2.76. The number of hydrogen-bond acceptors (Lipinski definition) is 3. The molecule has 0 N–H and O–H groups in total. The molecule has 0 aromatic heterocycles. The fourth-order valence-corrected chi connectivity index (χ4v) is 0.979. The van der Waals surface area contributed by atoms with Gasteiger partial charge in [0.25, 0.3) is 0 Å². The smallest absolute Gasteiger partial charge is 0.810 e. The molecule has 1 rings (SSSR count). The molecule has 3 nitrogen and oxygen atoms in total. The van der Waals surface area contributed by atoms with Gasteiger partial charge >= 0.3 is 48.9 Å². The van der Waals surface area contributed by atoms with Crippen LogP contribution in [-0.2, 0) is 0 Å². The largest absolute Gasteiger partial charge is 2.00 e. The Hall–Kier alpha value is 0.941. The molecule has 0 aliphatic heterocycles. The van der Waals surface area contributed by atoms with Crippen LogP contribution < -0.4 is 14.3 Å². The van der Waals surface area contributed by atoms with Crippen LogP contribution in [-0.4, -0.2) is 48.9 Å². The molecule has 12 heavy (non-hydrogen) atoms. The molecular weight excluding hydrogens is 300 g/mol. The fourth-order valence-electron chi connectivity index (χ4n) is 0.685. The van der Waals surface area contributed by atoms with Gasteiger partial charge in [-0.1, -0.05) is 26.3 Å². The van der Waals surface area contributed by atoms with Crippen molar-refractivity contribution in [1.29, 1.82) is 0 Å². The molecule has 0 aliphatic rings. The number of benzene rings is 1. The molecule has 0 saturated carbocycles. The van der Waals surface area contributed by atoms with Crippen LogP contribution in [0, 0.1) is 6.92 Å². The molecule has 1 aromatic rings. The normalized spacial score (nSPS) is 9.33. The topological polar surface area (TPSA) is 55.3 Å². The number of aryl methyl sites for hydroxylation is 1. The summed E-state index contributed by atoms with van der Waals surface area (Å²) in [6.45, 7) is 1.92. The van der Waals surface area contributed by atoms with Gasteiger partial charge in [0.1, 0.15) is 5.75 Å². The van der Waals surface area contributed by atoms with Gasteiger partial charge in [0.15, 0.2) is 0 Å². The Morgan fingerprint density at radius 2 is 1.67 bits per heavy atom. The van der Waals surface area contributed by atoms with E-state index in [1.807, 2.05) is 6.92 Å². The summed E-state index contributed by atoms with van der Waals surface area (Å²) in [5.41, 5.74) is 1.07. The molecule has 0 aliphatic carbocycles. The number of hydrogen-bond donors (Lipinski definition) is 0. The van der Waals surface area contributed by atoms with Crippen LogP contribution in [0.3, 0.4) is 0 Å². The summed E-state index contributed by atoms with van der Waals surface area (Å²) >= 11 is 0. The van der Waals surface area contributed by atoms with Crippen LogP contribution in [0.4, 0.5) is 0 Å². The number of rotatable bonds is 2. The molecule has 0 atom stereocenters. The van der Waals surface area contributed by atoms with E-state index in [0.29, 0.717) is 5.75 Å². The molecule has 0 fully saturated rings. The monoisotopic (exact) mass is 308 g/mol. The maximum absolute atomic E-state index is 10.1. The molecule has 5 heteroatoms. The minimum Gasteiger partial charge on any atom is -0.810 e. The Morgan fingerprint density at radius 1 is 1.17 bits per heavy atom. The molecule has 0 bridgehead atoms. The van der Waals surface area contributed by atoms with Crippen LogP contribution >= 0.6 is 8.60 Å². The van der Waals surface area contributed by atoms with Crippen molar-refractivity contribution in [2.24, 2.45) is 0 Å². The van der Waals surface area contributed by atoms with Gasteiger partial charge in [0.05, 0.1) is 0 Å². The van der Waals surface area contributed by atoms with E-state index in [1.54, 1.807) is 24.3 Å². The predicted molar refractivity (Wildman–Crippen MR) is 44.5 cm³/mol. The maximum atomic E-state index is 10.1. The third-order valence-electron chi connectivity index (χ3n) is 1.20. The van der Waals surface area contributed by atoms with Gasteiger partial charge < -0.3 is 14.3 Å². The first kappa shape index (κ1) is 12.9. The van der Waals surface area contributed by atoms with Crippen molar-refractivity contribution in [3.8, 4) is 5.75 Å². The van der Waals surface area contributed by atoms with Crippen LogP contribution in [0.25, 0.3) is 0 Å². The van der Waals surface area contributed by atoms with Crippen molar-refractivity contribution in [2.75, 3.05) is 0 Å². The first-order valence-electron chi connectivity index (χ1n) is 3.07. The van der Waals surface area contributed by atoms with E-state index >= 15 is 0 Å². The van der Waals surface area contributed by atoms with Gasteiger partial charge in [0.2, 0.25) is 0 Å². The Kier molecular flexibility index (Phi) is 6.91. The first-order chi connectivity index (χ1) is 5.18. The molecule has 0 saturated heterocycles. The van der Waals surface area contributed by atoms with Crippen molar-refractivity contribution in [3.05, 3.63) is 29.8 Å². The van der Waals surface area contributed by atoms with E-state index in [2.05, 4.69) is 4.52 Å². The van der Waals surface area contributed by atoms with Gasteiger partial charge in [-0.25, -0.2) is 0 Å². The minimum atomic E-state index is -2.79. The van der Waals surface area contributed by atoms with Crippen LogP contribution in [0.1, 0.15) is 5.56 Å². The third-order valence-corrected chi connectivity index (χ3v) is 1.56. The molecule has 1 aromatic carbocycles. The van der Waals surface area contributed by atoms with Crippen molar-refractivity contribution in [3.63, 3.8) is 0 Å². The molecule has 0 spiro atoms. The predicted octanol–water partition coefficient (Wildman–Crippen LogP) is -0.0595. The standard InChI is InChI=1S/C7H7O3P.Ba/c1-6-2-4-7(5-3-6)10-11(8)9;/h2-5H,1H3;/q-2;+2. The Balaban J connectivity index is 0.00000121. The third kappa shape index (κ3) is 4.84.